The average Bonchev–Trinajstić information content (AvgIpc) is 2.42. The second kappa shape index (κ2) is 8.15. The fraction of sp³-hybridized carbons (Fsp3) is 0.600. The lowest BCUT2D eigenvalue weighted by Gasteiger charge is -2.14. The largest absolute Gasteiger partial charge is 0.496 e. The van der Waals surface area contributed by atoms with Gasteiger partial charge in [-0.05, 0) is 36.1 Å². The van der Waals surface area contributed by atoms with E-state index in [-0.39, 0.29) is 6.04 Å². The maximum Gasteiger partial charge on any atom is 0.122 e. The third kappa shape index (κ3) is 5.19. The number of hydrogen-bond acceptors (Lipinski definition) is 4. The molecule has 1 unspecified atom stereocenters. The third-order valence-corrected chi connectivity index (χ3v) is 3.25. The zero-order valence-electron chi connectivity index (χ0n) is 12.3. The molecule has 0 heterocycles. The molecule has 0 spiro atoms. The summed E-state index contributed by atoms with van der Waals surface area (Å²) in [5, 5.41) is 3.32. The standard InChI is InChI=1S/C15H27N3O/c1-11(2)12-4-5-15(19-3)13(8-12)6-7-18-10-14(17)9-16/h4-5,8,11,14,18H,6-7,9-10,16-17H2,1-3H3. The Labute approximate surface area is 116 Å². The van der Waals surface area contributed by atoms with Gasteiger partial charge in [0, 0.05) is 19.1 Å². The Balaban J connectivity index is 2.57. The van der Waals surface area contributed by atoms with E-state index in [1.54, 1.807) is 7.11 Å². The van der Waals surface area contributed by atoms with E-state index >= 15 is 0 Å². The fourth-order valence-corrected chi connectivity index (χ4v) is 1.95. The fourth-order valence-electron chi connectivity index (χ4n) is 1.95. The molecule has 1 aromatic carbocycles. The summed E-state index contributed by atoms with van der Waals surface area (Å²) < 4.78 is 5.41. The van der Waals surface area contributed by atoms with Crippen molar-refractivity contribution in [3.05, 3.63) is 29.3 Å². The first-order chi connectivity index (χ1) is 9.08. The Morgan fingerprint density at radius 2 is 2.05 bits per heavy atom. The van der Waals surface area contributed by atoms with Crippen molar-refractivity contribution in [2.24, 2.45) is 11.5 Å². The van der Waals surface area contributed by atoms with E-state index in [1.807, 2.05) is 0 Å². The predicted molar refractivity (Wildman–Crippen MR) is 80.7 cm³/mol. The van der Waals surface area contributed by atoms with E-state index in [2.05, 4.69) is 37.4 Å². The van der Waals surface area contributed by atoms with Crippen molar-refractivity contribution in [1.82, 2.24) is 5.32 Å². The Hall–Kier alpha value is -1.10. The smallest absolute Gasteiger partial charge is 0.122 e. The van der Waals surface area contributed by atoms with Gasteiger partial charge in [0.05, 0.1) is 7.11 Å². The van der Waals surface area contributed by atoms with Gasteiger partial charge in [0.25, 0.3) is 0 Å². The van der Waals surface area contributed by atoms with Crippen molar-refractivity contribution in [3.63, 3.8) is 0 Å². The summed E-state index contributed by atoms with van der Waals surface area (Å²) >= 11 is 0. The van der Waals surface area contributed by atoms with Crippen LogP contribution in [0.4, 0.5) is 0 Å². The summed E-state index contributed by atoms with van der Waals surface area (Å²) in [6, 6.07) is 6.44. The summed E-state index contributed by atoms with van der Waals surface area (Å²) in [6.45, 7) is 6.54. The first-order valence-electron chi connectivity index (χ1n) is 6.91. The molecule has 0 saturated heterocycles. The molecule has 0 saturated carbocycles. The van der Waals surface area contributed by atoms with Gasteiger partial charge < -0.3 is 21.5 Å². The topological polar surface area (TPSA) is 73.3 Å². The number of nitrogens with one attached hydrogen (secondary N) is 1. The summed E-state index contributed by atoms with van der Waals surface area (Å²) in [4.78, 5) is 0. The van der Waals surface area contributed by atoms with Crippen LogP contribution in [0.25, 0.3) is 0 Å². The summed E-state index contributed by atoms with van der Waals surface area (Å²) in [5.74, 6) is 1.48. The predicted octanol–water partition coefficient (Wildman–Crippen LogP) is 1.24. The molecule has 5 N–H and O–H groups in total. The highest BCUT2D eigenvalue weighted by atomic mass is 16.5. The number of nitrogens with two attached hydrogens (primary N) is 2. The molecule has 0 bridgehead atoms. The molecule has 108 valence electrons. The van der Waals surface area contributed by atoms with E-state index in [9.17, 15) is 0 Å². The van der Waals surface area contributed by atoms with Gasteiger partial charge >= 0.3 is 0 Å². The zero-order chi connectivity index (χ0) is 14.3. The Morgan fingerprint density at radius 1 is 1.32 bits per heavy atom. The molecule has 0 amide bonds. The normalized spacial score (nSPS) is 12.7. The number of methoxy groups -OCH3 is 1. The number of benzene rings is 1. The minimum atomic E-state index is 0.0314. The minimum absolute atomic E-state index is 0.0314. The minimum Gasteiger partial charge on any atom is -0.496 e. The first-order valence-corrected chi connectivity index (χ1v) is 6.91. The Bertz CT molecular complexity index is 380. The summed E-state index contributed by atoms with van der Waals surface area (Å²) in [6.07, 6.45) is 0.932. The SMILES string of the molecule is COc1ccc(C(C)C)cc1CCNCC(N)CN. The van der Waals surface area contributed by atoms with Crippen LogP contribution in [-0.4, -0.2) is 32.8 Å². The second-order valence-electron chi connectivity index (χ2n) is 5.18. The van der Waals surface area contributed by atoms with E-state index < -0.39 is 0 Å². The van der Waals surface area contributed by atoms with Crippen molar-refractivity contribution >= 4 is 0 Å². The van der Waals surface area contributed by atoms with Crippen LogP contribution in [0, 0.1) is 0 Å². The van der Waals surface area contributed by atoms with Crippen LogP contribution < -0.4 is 21.5 Å². The molecule has 0 aliphatic rings. The molecule has 19 heavy (non-hydrogen) atoms. The Kier molecular flexibility index (Phi) is 6.84. The van der Waals surface area contributed by atoms with Gasteiger partial charge in [-0.1, -0.05) is 26.0 Å². The molecular formula is C15H27N3O. The first kappa shape index (κ1) is 16.0. The van der Waals surface area contributed by atoms with Crippen molar-refractivity contribution in [1.29, 1.82) is 0 Å². The molecule has 0 aliphatic carbocycles. The van der Waals surface area contributed by atoms with E-state index in [4.69, 9.17) is 16.2 Å². The van der Waals surface area contributed by atoms with Crippen LogP contribution in [0.3, 0.4) is 0 Å². The van der Waals surface area contributed by atoms with Crippen LogP contribution in [0.2, 0.25) is 0 Å². The lowest BCUT2D eigenvalue weighted by molar-refractivity contribution is 0.408. The van der Waals surface area contributed by atoms with E-state index in [0.717, 1.165) is 25.3 Å². The zero-order valence-corrected chi connectivity index (χ0v) is 12.3. The monoisotopic (exact) mass is 265 g/mol. The van der Waals surface area contributed by atoms with Gasteiger partial charge in [-0.25, -0.2) is 0 Å². The summed E-state index contributed by atoms with van der Waals surface area (Å²) in [7, 11) is 1.71. The maximum absolute atomic E-state index is 5.76. The highest BCUT2D eigenvalue weighted by Crippen LogP contribution is 2.24. The van der Waals surface area contributed by atoms with Crippen molar-refractivity contribution in [2.75, 3.05) is 26.7 Å². The molecule has 1 rings (SSSR count). The van der Waals surface area contributed by atoms with Crippen molar-refractivity contribution in [2.45, 2.75) is 32.2 Å². The molecule has 4 heteroatoms. The maximum atomic E-state index is 5.76. The van der Waals surface area contributed by atoms with Crippen LogP contribution in [0.5, 0.6) is 5.75 Å². The highest BCUT2D eigenvalue weighted by molar-refractivity contribution is 5.38. The van der Waals surface area contributed by atoms with Gasteiger partial charge in [0.1, 0.15) is 5.75 Å². The van der Waals surface area contributed by atoms with Gasteiger partial charge in [0.15, 0.2) is 0 Å². The second-order valence-corrected chi connectivity index (χ2v) is 5.18. The molecule has 0 aliphatic heterocycles. The van der Waals surface area contributed by atoms with Gasteiger partial charge in [-0.2, -0.15) is 0 Å². The van der Waals surface area contributed by atoms with Crippen LogP contribution in [0.15, 0.2) is 18.2 Å². The Morgan fingerprint density at radius 3 is 2.63 bits per heavy atom. The highest BCUT2D eigenvalue weighted by Gasteiger charge is 2.07. The van der Waals surface area contributed by atoms with Gasteiger partial charge in [-0.3, -0.25) is 0 Å². The molecule has 0 fully saturated rings. The van der Waals surface area contributed by atoms with E-state index in [1.165, 1.54) is 11.1 Å². The number of rotatable bonds is 8. The quantitative estimate of drug-likeness (QED) is 0.618. The average molecular weight is 265 g/mol. The lowest BCUT2D eigenvalue weighted by atomic mass is 9.99. The van der Waals surface area contributed by atoms with Crippen molar-refractivity contribution < 1.29 is 4.74 Å². The van der Waals surface area contributed by atoms with Crippen LogP contribution in [0.1, 0.15) is 30.9 Å². The molecule has 0 aromatic heterocycles. The van der Waals surface area contributed by atoms with Gasteiger partial charge in [0.2, 0.25) is 0 Å². The van der Waals surface area contributed by atoms with Crippen molar-refractivity contribution in [3.8, 4) is 5.75 Å². The molecule has 0 radical (unpaired) electrons. The third-order valence-electron chi connectivity index (χ3n) is 3.25. The number of hydrogen-bond donors (Lipinski definition) is 3. The van der Waals surface area contributed by atoms with Gasteiger partial charge in [-0.15, -0.1) is 0 Å². The van der Waals surface area contributed by atoms with E-state index in [0.29, 0.717) is 12.5 Å². The molecular weight excluding hydrogens is 238 g/mol. The number of ether oxygens (including phenoxy) is 1. The van der Waals surface area contributed by atoms with Crippen LogP contribution in [-0.2, 0) is 6.42 Å². The lowest BCUT2D eigenvalue weighted by Crippen LogP contribution is -2.40. The van der Waals surface area contributed by atoms with Crippen LogP contribution >= 0.6 is 0 Å². The molecule has 1 atom stereocenters. The summed E-state index contributed by atoms with van der Waals surface area (Å²) in [5.41, 5.74) is 13.8. The molecule has 4 nitrogen and oxygen atoms in total. The molecule has 1 aromatic rings.